The molecule has 0 fully saturated rings. The molecule has 15 heavy (non-hydrogen) atoms. The normalized spacial score (nSPS) is 16.4. The SMILES string of the molecule is COCC(O)(CCCN)CCC(C)(C)C. The van der Waals surface area contributed by atoms with Gasteiger partial charge in [-0.05, 0) is 37.6 Å². The summed E-state index contributed by atoms with van der Waals surface area (Å²) < 4.78 is 5.08. The Labute approximate surface area is 94.0 Å². The number of nitrogens with two attached hydrogens (primary N) is 1. The van der Waals surface area contributed by atoms with Crippen LogP contribution < -0.4 is 5.73 Å². The fourth-order valence-electron chi connectivity index (χ4n) is 1.58. The smallest absolute Gasteiger partial charge is 0.0880 e. The molecule has 0 saturated heterocycles. The Bertz CT molecular complexity index is 165. The van der Waals surface area contributed by atoms with E-state index in [2.05, 4.69) is 20.8 Å². The van der Waals surface area contributed by atoms with Gasteiger partial charge in [0.1, 0.15) is 0 Å². The molecule has 3 N–H and O–H groups in total. The molecule has 0 spiro atoms. The molecule has 0 aliphatic carbocycles. The van der Waals surface area contributed by atoms with Crippen molar-refractivity contribution in [3.05, 3.63) is 0 Å². The second kappa shape index (κ2) is 6.46. The van der Waals surface area contributed by atoms with Crippen LogP contribution in [0.5, 0.6) is 0 Å². The second-order valence-electron chi connectivity index (χ2n) is 5.61. The highest BCUT2D eigenvalue weighted by Gasteiger charge is 2.28. The first-order valence-electron chi connectivity index (χ1n) is 5.74. The van der Waals surface area contributed by atoms with Crippen LogP contribution in [0.2, 0.25) is 0 Å². The summed E-state index contributed by atoms with van der Waals surface area (Å²) in [5.74, 6) is 0. The Balaban J connectivity index is 4.11. The zero-order valence-electron chi connectivity index (χ0n) is 10.7. The van der Waals surface area contributed by atoms with Crippen LogP contribution in [-0.4, -0.2) is 31.0 Å². The summed E-state index contributed by atoms with van der Waals surface area (Å²) in [6.45, 7) is 7.58. The highest BCUT2D eigenvalue weighted by Crippen LogP contribution is 2.28. The van der Waals surface area contributed by atoms with Gasteiger partial charge in [-0.3, -0.25) is 0 Å². The fraction of sp³-hybridized carbons (Fsp3) is 1.00. The van der Waals surface area contributed by atoms with Crippen molar-refractivity contribution in [2.45, 2.75) is 52.1 Å². The van der Waals surface area contributed by atoms with E-state index in [1.54, 1.807) is 7.11 Å². The summed E-state index contributed by atoms with van der Waals surface area (Å²) in [6, 6.07) is 0. The molecule has 0 amide bonds. The predicted molar refractivity (Wildman–Crippen MR) is 63.8 cm³/mol. The molecule has 0 aliphatic heterocycles. The maximum Gasteiger partial charge on any atom is 0.0880 e. The van der Waals surface area contributed by atoms with Crippen molar-refractivity contribution in [1.82, 2.24) is 0 Å². The Kier molecular flexibility index (Phi) is 6.41. The van der Waals surface area contributed by atoms with E-state index in [4.69, 9.17) is 10.5 Å². The third kappa shape index (κ3) is 7.77. The van der Waals surface area contributed by atoms with E-state index in [9.17, 15) is 5.11 Å². The van der Waals surface area contributed by atoms with E-state index < -0.39 is 5.60 Å². The van der Waals surface area contributed by atoms with E-state index in [-0.39, 0.29) is 5.41 Å². The molecule has 0 aromatic heterocycles. The molecular formula is C12H27NO2. The van der Waals surface area contributed by atoms with Gasteiger partial charge in [-0.15, -0.1) is 0 Å². The number of aliphatic hydroxyl groups is 1. The maximum absolute atomic E-state index is 10.3. The van der Waals surface area contributed by atoms with Crippen molar-refractivity contribution >= 4 is 0 Å². The zero-order chi connectivity index (χ0) is 11.9. The quantitative estimate of drug-likeness (QED) is 0.685. The molecule has 0 radical (unpaired) electrons. The molecule has 0 saturated carbocycles. The van der Waals surface area contributed by atoms with E-state index >= 15 is 0 Å². The molecule has 0 aromatic rings. The third-order valence-corrected chi connectivity index (χ3v) is 2.60. The van der Waals surface area contributed by atoms with Crippen LogP contribution in [0, 0.1) is 5.41 Å². The van der Waals surface area contributed by atoms with Crippen LogP contribution in [0.25, 0.3) is 0 Å². The van der Waals surface area contributed by atoms with Crippen LogP contribution >= 0.6 is 0 Å². The van der Waals surface area contributed by atoms with Crippen molar-refractivity contribution < 1.29 is 9.84 Å². The summed E-state index contributed by atoms with van der Waals surface area (Å²) in [5.41, 5.74) is 5.02. The van der Waals surface area contributed by atoms with Crippen LogP contribution in [0.1, 0.15) is 46.5 Å². The number of ether oxygens (including phenoxy) is 1. The fourth-order valence-corrected chi connectivity index (χ4v) is 1.58. The Hall–Kier alpha value is -0.120. The third-order valence-electron chi connectivity index (χ3n) is 2.60. The lowest BCUT2D eigenvalue weighted by Crippen LogP contribution is -2.36. The first-order chi connectivity index (χ1) is 6.83. The summed E-state index contributed by atoms with van der Waals surface area (Å²) >= 11 is 0. The zero-order valence-corrected chi connectivity index (χ0v) is 10.7. The average Bonchev–Trinajstić information content (AvgIpc) is 2.12. The monoisotopic (exact) mass is 217 g/mol. The standard InChI is InChI=1S/C12H27NO2/c1-11(2,3)7-8-12(14,10-15-4)6-5-9-13/h14H,5-10,13H2,1-4H3. The van der Waals surface area contributed by atoms with Gasteiger partial charge in [0.05, 0.1) is 12.2 Å². The second-order valence-corrected chi connectivity index (χ2v) is 5.61. The molecular weight excluding hydrogens is 190 g/mol. The lowest BCUT2D eigenvalue weighted by molar-refractivity contribution is -0.0498. The number of hydrogen-bond donors (Lipinski definition) is 2. The minimum Gasteiger partial charge on any atom is -0.387 e. The first-order valence-corrected chi connectivity index (χ1v) is 5.74. The highest BCUT2D eigenvalue weighted by molar-refractivity contribution is 4.80. The van der Waals surface area contributed by atoms with Crippen molar-refractivity contribution in [1.29, 1.82) is 0 Å². The molecule has 1 atom stereocenters. The molecule has 0 bridgehead atoms. The summed E-state index contributed by atoms with van der Waals surface area (Å²) in [4.78, 5) is 0. The lowest BCUT2D eigenvalue weighted by atomic mass is 9.83. The van der Waals surface area contributed by atoms with E-state index in [1.807, 2.05) is 0 Å². The minimum atomic E-state index is -0.693. The van der Waals surface area contributed by atoms with Gasteiger partial charge in [-0.25, -0.2) is 0 Å². The Morgan fingerprint density at radius 2 is 1.73 bits per heavy atom. The number of methoxy groups -OCH3 is 1. The molecule has 0 rings (SSSR count). The topological polar surface area (TPSA) is 55.5 Å². The lowest BCUT2D eigenvalue weighted by Gasteiger charge is -2.30. The van der Waals surface area contributed by atoms with Gasteiger partial charge in [-0.2, -0.15) is 0 Å². The van der Waals surface area contributed by atoms with Crippen LogP contribution in [-0.2, 0) is 4.74 Å². The summed E-state index contributed by atoms with van der Waals surface area (Å²) in [6.07, 6.45) is 3.36. The average molecular weight is 217 g/mol. The largest absolute Gasteiger partial charge is 0.387 e. The van der Waals surface area contributed by atoms with Crippen molar-refractivity contribution in [2.75, 3.05) is 20.3 Å². The van der Waals surface area contributed by atoms with Gasteiger partial charge in [0.25, 0.3) is 0 Å². The molecule has 3 nitrogen and oxygen atoms in total. The van der Waals surface area contributed by atoms with Crippen molar-refractivity contribution in [3.63, 3.8) is 0 Å². The number of hydrogen-bond acceptors (Lipinski definition) is 3. The highest BCUT2D eigenvalue weighted by atomic mass is 16.5. The van der Waals surface area contributed by atoms with Crippen LogP contribution in [0.3, 0.4) is 0 Å². The van der Waals surface area contributed by atoms with Crippen LogP contribution in [0.15, 0.2) is 0 Å². The van der Waals surface area contributed by atoms with Gasteiger partial charge in [-0.1, -0.05) is 20.8 Å². The molecule has 0 aromatic carbocycles. The van der Waals surface area contributed by atoms with Crippen molar-refractivity contribution in [2.24, 2.45) is 11.1 Å². The summed E-state index contributed by atoms with van der Waals surface area (Å²) in [7, 11) is 1.63. The van der Waals surface area contributed by atoms with Crippen molar-refractivity contribution in [3.8, 4) is 0 Å². The van der Waals surface area contributed by atoms with Gasteiger partial charge < -0.3 is 15.6 Å². The minimum absolute atomic E-state index is 0.254. The maximum atomic E-state index is 10.3. The predicted octanol–water partition coefficient (Wildman–Crippen LogP) is 1.93. The molecule has 92 valence electrons. The molecule has 0 heterocycles. The molecule has 0 aliphatic rings. The number of rotatable bonds is 7. The van der Waals surface area contributed by atoms with E-state index in [1.165, 1.54) is 0 Å². The van der Waals surface area contributed by atoms with E-state index in [0.717, 1.165) is 25.7 Å². The van der Waals surface area contributed by atoms with Gasteiger partial charge in [0.2, 0.25) is 0 Å². The van der Waals surface area contributed by atoms with E-state index in [0.29, 0.717) is 13.2 Å². The van der Waals surface area contributed by atoms with Gasteiger partial charge in [0, 0.05) is 7.11 Å². The Morgan fingerprint density at radius 1 is 1.13 bits per heavy atom. The Morgan fingerprint density at radius 3 is 2.13 bits per heavy atom. The van der Waals surface area contributed by atoms with Gasteiger partial charge in [0.15, 0.2) is 0 Å². The molecule has 3 heteroatoms. The first kappa shape index (κ1) is 14.9. The summed E-state index contributed by atoms with van der Waals surface area (Å²) in [5, 5.41) is 10.3. The van der Waals surface area contributed by atoms with Gasteiger partial charge >= 0.3 is 0 Å². The molecule has 1 unspecified atom stereocenters. The van der Waals surface area contributed by atoms with Crippen LogP contribution in [0.4, 0.5) is 0 Å².